The lowest BCUT2D eigenvalue weighted by Gasteiger charge is -2.18. The Morgan fingerprint density at radius 1 is 1.42 bits per heavy atom. The summed E-state index contributed by atoms with van der Waals surface area (Å²) in [6, 6.07) is -0.868. The van der Waals surface area contributed by atoms with Gasteiger partial charge < -0.3 is 4.74 Å². The Labute approximate surface area is 126 Å². The second-order valence-corrected chi connectivity index (χ2v) is 11.1. The van der Waals surface area contributed by atoms with E-state index >= 15 is 0 Å². The fourth-order valence-corrected chi connectivity index (χ4v) is 5.22. The number of hydrogen-bond donors (Lipinski definition) is 0. The van der Waals surface area contributed by atoms with Crippen LogP contribution in [-0.2, 0) is 24.2 Å². The number of nitrogens with zero attached hydrogens (tertiary/aromatic N) is 2. The third-order valence-corrected chi connectivity index (χ3v) is 8.55. The number of carbonyl (C=O) groups excluding carboxylic acids is 2. The number of amidine groups is 1. The Bertz CT molecular complexity index is 585. The van der Waals surface area contributed by atoms with Crippen LogP contribution in [0.25, 0.3) is 0 Å². The predicted molar refractivity (Wildman–Crippen MR) is 73.7 cm³/mol. The van der Waals surface area contributed by atoms with Crippen molar-refractivity contribution in [3.8, 4) is 0 Å². The molecule has 0 spiro atoms. The van der Waals surface area contributed by atoms with Crippen molar-refractivity contribution < 1.29 is 22.7 Å². The summed E-state index contributed by atoms with van der Waals surface area (Å²) in [5.74, 6) is -1.23. The van der Waals surface area contributed by atoms with E-state index in [2.05, 4.69) is 36.9 Å². The highest BCUT2D eigenvalue weighted by atomic mass is 79.9. The van der Waals surface area contributed by atoms with Gasteiger partial charge in [-0.1, -0.05) is 31.9 Å². The van der Waals surface area contributed by atoms with E-state index in [1.807, 2.05) is 0 Å². The number of alkyl halides is 2. The van der Waals surface area contributed by atoms with Gasteiger partial charge in [0.15, 0.2) is 15.9 Å². The second-order valence-electron chi connectivity index (χ2n) is 4.25. The summed E-state index contributed by atoms with van der Waals surface area (Å²) >= 11 is 6.13. The maximum Gasteiger partial charge on any atom is 0.302 e. The van der Waals surface area contributed by atoms with Crippen molar-refractivity contribution in [3.63, 3.8) is 0 Å². The largest absolute Gasteiger partial charge is 0.455 e. The molecule has 2 atom stereocenters. The average Bonchev–Trinajstić information content (AvgIpc) is 2.61. The first-order valence-corrected chi connectivity index (χ1v) is 8.47. The minimum atomic E-state index is -3.53. The lowest BCUT2D eigenvalue weighted by Crippen LogP contribution is -2.41. The van der Waals surface area contributed by atoms with E-state index in [1.54, 1.807) is 0 Å². The Balaban J connectivity index is 2.48. The summed E-state index contributed by atoms with van der Waals surface area (Å²) in [4.78, 5) is 27.4. The zero-order chi connectivity index (χ0) is 14.6. The summed E-state index contributed by atoms with van der Waals surface area (Å²) < 4.78 is 27.8. The van der Waals surface area contributed by atoms with Crippen LogP contribution in [0.2, 0.25) is 0 Å². The first kappa shape index (κ1) is 14.9. The van der Waals surface area contributed by atoms with Crippen molar-refractivity contribution >= 4 is 59.5 Å². The van der Waals surface area contributed by atoms with Crippen molar-refractivity contribution in [2.75, 3.05) is 5.75 Å². The SMILES string of the molecule is CC(=O)N=C1O[C@@H]2[C@@H](CS(=O)(=O)C2(Br)Br)N1C(C)=O. The van der Waals surface area contributed by atoms with Crippen molar-refractivity contribution in [2.45, 2.75) is 28.6 Å². The van der Waals surface area contributed by atoms with Gasteiger partial charge in [-0.2, -0.15) is 4.99 Å². The number of halogens is 2. The number of carbonyl (C=O) groups is 2. The molecule has 0 saturated carbocycles. The number of fused-ring (bicyclic) bond motifs is 1. The summed E-state index contributed by atoms with van der Waals surface area (Å²) in [6.45, 7) is 2.48. The molecule has 0 unspecified atom stereocenters. The molecule has 0 radical (unpaired) electrons. The molecule has 0 aliphatic carbocycles. The van der Waals surface area contributed by atoms with Crippen LogP contribution < -0.4 is 0 Å². The number of aliphatic imine (C=N–C) groups is 1. The van der Waals surface area contributed by atoms with Crippen LogP contribution in [0.1, 0.15) is 13.8 Å². The highest BCUT2D eigenvalue weighted by molar-refractivity contribution is 9.28. The molecule has 0 bridgehead atoms. The van der Waals surface area contributed by atoms with E-state index in [1.165, 1.54) is 13.8 Å². The van der Waals surface area contributed by atoms with Gasteiger partial charge in [-0.15, -0.1) is 0 Å². The molecule has 2 amide bonds. The van der Waals surface area contributed by atoms with Gasteiger partial charge >= 0.3 is 6.02 Å². The molecule has 7 nitrogen and oxygen atoms in total. The van der Waals surface area contributed by atoms with Gasteiger partial charge in [-0.25, -0.2) is 8.42 Å². The molecule has 0 aromatic heterocycles. The molecule has 2 heterocycles. The molecule has 2 aliphatic rings. The third kappa shape index (κ3) is 2.23. The molecule has 2 saturated heterocycles. The van der Waals surface area contributed by atoms with E-state index in [0.29, 0.717) is 0 Å². The topological polar surface area (TPSA) is 93.1 Å². The van der Waals surface area contributed by atoms with Crippen molar-refractivity contribution in [1.82, 2.24) is 4.90 Å². The lowest BCUT2D eigenvalue weighted by atomic mass is 10.2. The van der Waals surface area contributed by atoms with Gasteiger partial charge in [-0.05, 0) is 0 Å². The maximum atomic E-state index is 12.0. The highest BCUT2D eigenvalue weighted by Crippen LogP contribution is 2.49. The molecule has 0 N–H and O–H groups in total. The van der Waals surface area contributed by atoms with E-state index in [9.17, 15) is 18.0 Å². The molecular formula is C9H10Br2N2O5S. The standard InChI is InChI=1S/C9H10Br2N2O5S/c1-4(14)12-8-13(5(2)15)6-3-19(16,17)9(10,11)7(6)18-8/h6-7H,3H2,1-2H3/t6-,7-/m1/s1. The average molecular weight is 418 g/mol. The summed E-state index contributed by atoms with van der Waals surface area (Å²) in [5.41, 5.74) is 0. The molecule has 19 heavy (non-hydrogen) atoms. The first-order valence-electron chi connectivity index (χ1n) is 5.24. The van der Waals surface area contributed by atoms with Gasteiger partial charge in [-0.3, -0.25) is 14.5 Å². The Morgan fingerprint density at radius 2 is 2.00 bits per heavy atom. The van der Waals surface area contributed by atoms with Crippen molar-refractivity contribution in [3.05, 3.63) is 0 Å². The van der Waals surface area contributed by atoms with Crippen LogP contribution in [0.15, 0.2) is 4.99 Å². The Kier molecular flexibility index (Phi) is 3.55. The zero-order valence-corrected chi connectivity index (χ0v) is 14.0. The zero-order valence-electron chi connectivity index (χ0n) is 9.96. The Morgan fingerprint density at radius 3 is 2.47 bits per heavy atom. The normalized spacial score (nSPS) is 33.1. The van der Waals surface area contributed by atoms with E-state index in [0.717, 1.165) is 4.90 Å². The van der Waals surface area contributed by atoms with Gasteiger partial charge in [0, 0.05) is 13.8 Å². The fourth-order valence-electron chi connectivity index (χ4n) is 2.08. The minimum absolute atomic E-state index is 0.159. The van der Waals surface area contributed by atoms with Crippen LogP contribution >= 0.6 is 31.9 Å². The lowest BCUT2D eigenvalue weighted by molar-refractivity contribution is -0.125. The molecule has 2 fully saturated rings. The Hall–Kier alpha value is -0.480. The fraction of sp³-hybridized carbons (Fsp3) is 0.667. The minimum Gasteiger partial charge on any atom is -0.455 e. The van der Waals surface area contributed by atoms with Gasteiger partial charge in [0.05, 0.1) is 11.8 Å². The van der Waals surface area contributed by atoms with Crippen LogP contribution in [-0.4, -0.2) is 51.6 Å². The van der Waals surface area contributed by atoms with Crippen LogP contribution in [0.3, 0.4) is 0 Å². The van der Waals surface area contributed by atoms with Gasteiger partial charge in [0.25, 0.3) is 0 Å². The van der Waals surface area contributed by atoms with Gasteiger partial charge in [0.1, 0.15) is 0 Å². The smallest absolute Gasteiger partial charge is 0.302 e. The van der Waals surface area contributed by atoms with Crippen molar-refractivity contribution in [1.29, 1.82) is 0 Å². The summed E-state index contributed by atoms with van der Waals surface area (Å²) in [5, 5.41) is 0. The molecule has 2 aliphatic heterocycles. The van der Waals surface area contributed by atoms with Gasteiger partial charge in [0.2, 0.25) is 14.4 Å². The van der Waals surface area contributed by atoms with Crippen LogP contribution in [0.4, 0.5) is 0 Å². The maximum absolute atomic E-state index is 12.0. The number of hydrogen-bond acceptors (Lipinski definition) is 5. The summed E-state index contributed by atoms with van der Waals surface area (Å²) in [7, 11) is -3.53. The monoisotopic (exact) mass is 416 g/mol. The molecule has 0 aromatic carbocycles. The molecule has 10 heteroatoms. The second kappa shape index (κ2) is 4.52. The molecule has 0 aromatic rings. The van der Waals surface area contributed by atoms with E-state index < -0.39 is 36.4 Å². The van der Waals surface area contributed by atoms with E-state index in [-0.39, 0.29) is 11.8 Å². The molecule has 2 rings (SSSR count). The number of rotatable bonds is 0. The molecule has 106 valence electrons. The quantitative estimate of drug-likeness (QED) is 0.531. The predicted octanol–water partition coefficient (Wildman–Crippen LogP) is 0.377. The molecular weight excluding hydrogens is 408 g/mol. The van der Waals surface area contributed by atoms with Crippen LogP contribution in [0.5, 0.6) is 0 Å². The number of ether oxygens (including phenoxy) is 1. The number of sulfone groups is 1. The number of amides is 2. The third-order valence-electron chi connectivity index (χ3n) is 2.85. The van der Waals surface area contributed by atoms with Crippen LogP contribution in [0, 0.1) is 0 Å². The van der Waals surface area contributed by atoms with E-state index in [4.69, 9.17) is 4.74 Å². The highest BCUT2D eigenvalue weighted by Gasteiger charge is 2.65. The first-order chi connectivity index (χ1) is 8.58. The summed E-state index contributed by atoms with van der Waals surface area (Å²) in [6.07, 6.45) is -0.862. The van der Waals surface area contributed by atoms with Crippen molar-refractivity contribution in [2.24, 2.45) is 4.99 Å².